The average Bonchev–Trinajstić information content (AvgIpc) is 2.17. The SMILES string of the molecule is CCCC(C)C(C(=O)O)(C(=O)O)C(C)CCC. The predicted molar refractivity (Wildman–Crippen MR) is 65.8 cm³/mol. The van der Waals surface area contributed by atoms with Crippen LogP contribution in [-0.4, -0.2) is 22.2 Å². The van der Waals surface area contributed by atoms with E-state index in [2.05, 4.69) is 0 Å². The topological polar surface area (TPSA) is 74.6 Å². The summed E-state index contributed by atoms with van der Waals surface area (Å²) >= 11 is 0. The predicted octanol–water partition coefficient (Wildman–Crippen LogP) is 3.01. The highest BCUT2D eigenvalue weighted by atomic mass is 16.4. The van der Waals surface area contributed by atoms with E-state index in [1.54, 1.807) is 13.8 Å². The van der Waals surface area contributed by atoms with Gasteiger partial charge in [-0.25, -0.2) is 0 Å². The fourth-order valence-corrected chi connectivity index (χ4v) is 2.74. The Morgan fingerprint density at radius 3 is 1.41 bits per heavy atom. The number of hydrogen-bond acceptors (Lipinski definition) is 2. The molecular weight excluding hydrogens is 220 g/mol. The highest BCUT2D eigenvalue weighted by Crippen LogP contribution is 2.41. The second-order valence-corrected chi connectivity index (χ2v) is 4.86. The first-order chi connectivity index (χ1) is 7.85. The van der Waals surface area contributed by atoms with Gasteiger partial charge in [0.25, 0.3) is 0 Å². The minimum absolute atomic E-state index is 0.357. The van der Waals surface area contributed by atoms with Gasteiger partial charge in [0.05, 0.1) is 0 Å². The third-order valence-electron chi connectivity index (χ3n) is 3.71. The Bertz CT molecular complexity index is 245. The lowest BCUT2D eigenvalue weighted by atomic mass is 9.65. The maximum absolute atomic E-state index is 11.5. The molecule has 100 valence electrons. The molecule has 0 rings (SSSR count). The van der Waals surface area contributed by atoms with Crippen LogP contribution in [0.25, 0.3) is 0 Å². The molecule has 0 saturated heterocycles. The lowest BCUT2D eigenvalue weighted by Gasteiger charge is -2.36. The van der Waals surface area contributed by atoms with E-state index >= 15 is 0 Å². The van der Waals surface area contributed by atoms with Gasteiger partial charge in [-0.05, 0) is 24.7 Å². The van der Waals surface area contributed by atoms with Gasteiger partial charge in [-0.3, -0.25) is 9.59 Å². The zero-order valence-electron chi connectivity index (χ0n) is 11.2. The van der Waals surface area contributed by atoms with E-state index in [1.165, 1.54) is 0 Å². The maximum Gasteiger partial charge on any atom is 0.321 e. The number of carboxylic acids is 2. The van der Waals surface area contributed by atoms with Gasteiger partial charge in [0.15, 0.2) is 5.41 Å². The second-order valence-electron chi connectivity index (χ2n) is 4.86. The molecule has 0 saturated carbocycles. The third kappa shape index (κ3) is 2.99. The molecule has 4 nitrogen and oxygen atoms in total. The second kappa shape index (κ2) is 6.62. The molecule has 2 atom stereocenters. The number of hydrogen-bond donors (Lipinski definition) is 2. The summed E-state index contributed by atoms with van der Waals surface area (Å²) in [7, 11) is 0. The fraction of sp³-hybridized carbons (Fsp3) is 0.846. The van der Waals surface area contributed by atoms with Crippen molar-refractivity contribution in [3.8, 4) is 0 Å². The summed E-state index contributed by atoms with van der Waals surface area (Å²) in [5.74, 6) is -3.12. The van der Waals surface area contributed by atoms with Gasteiger partial charge in [0, 0.05) is 0 Å². The Hall–Kier alpha value is -1.06. The standard InChI is InChI=1S/C13H24O4/c1-5-7-9(3)13(11(14)15,12(16)17)10(4)8-6-2/h9-10H,5-8H2,1-4H3,(H,14,15)(H,16,17). The van der Waals surface area contributed by atoms with E-state index in [0.717, 1.165) is 12.8 Å². The first-order valence-electron chi connectivity index (χ1n) is 6.32. The van der Waals surface area contributed by atoms with Crippen molar-refractivity contribution in [1.29, 1.82) is 0 Å². The van der Waals surface area contributed by atoms with Crippen molar-refractivity contribution < 1.29 is 19.8 Å². The van der Waals surface area contributed by atoms with Crippen molar-refractivity contribution in [2.45, 2.75) is 53.4 Å². The summed E-state index contributed by atoms with van der Waals surface area (Å²) in [5.41, 5.74) is -1.65. The molecule has 4 heteroatoms. The van der Waals surface area contributed by atoms with Gasteiger partial charge in [-0.2, -0.15) is 0 Å². The number of aliphatic carboxylic acids is 2. The van der Waals surface area contributed by atoms with Crippen LogP contribution in [0.1, 0.15) is 53.4 Å². The van der Waals surface area contributed by atoms with Crippen LogP contribution in [0, 0.1) is 17.3 Å². The van der Waals surface area contributed by atoms with Crippen molar-refractivity contribution in [1.82, 2.24) is 0 Å². The minimum atomic E-state index is -1.65. The quantitative estimate of drug-likeness (QED) is 0.644. The van der Waals surface area contributed by atoms with E-state index in [1.807, 2.05) is 13.8 Å². The first-order valence-corrected chi connectivity index (χ1v) is 6.32. The molecular formula is C13H24O4. The van der Waals surface area contributed by atoms with E-state index in [0.29, 0.717) is 12.8 Å². The third-order valence-corrected chi connectivity index (χ3v) is 3.71. The summed E-state index contributed by atoms with van der Waals surface area (Å²) < 4.78 is 0. The van der Waals surface area contributed by atoms with Crippen LogP contribution in [0.3, 0.4) is 0 Å². The molecule has 0 heterocycles. The summed E-state index contributed by atoms with van der Waals surface area (Å²) in [6, 6.07) is 0. The van der Waals surface area contributed by atoms with Crippen molar-refractivity contribution >= 4 is 11.9 Å². The average molecular weight is 244 g/mol. The smallest absolute Gasteiger partial charge is 0.321 e. The Labute approximate surface area is 103 Å². The largest absolute Gasteiger partial charge is 0.480 e. The molecule has 0 fully saturated rings. The fourth-order valence-electron chi connectivity index (χ4n) is 2.74. The van der Waals surface area contributed by atoms with E-state index in [-0.39, 0.29) is 11.8 Å². The maximum atomic E-state index is 11.5. The van der Waals surface area contributed by atoms with Crippen LogP contribution in [-0.2, 0) is 9.59 Å². The minimum Gasteiger partial charge on any atom is -0.480 e. The van der Waals surface area contributed by atoms with Crippen molar-refractivity contribution in [3.05, 3.63) is 0 Å². The molecule has 0 aliphatic carbocycles. The van der Waals surface area contributed by atoms with Crippen molar-refractivity contribution in [2.24, 2.45) is 17.3 Å². The molecule has 17 heavy (non-hydrogen) atoms. The van der Waals surface area contributed by atoms with Crippen molar-refractivity contribution in [3.63, 3.8) is 0 Å². The molecule has 0 amide bonds. The summed E-state index contributed by atoms with van der Waals surface area (Å²) in [6.45, 7) is 7.35. The van der Waals surface area contributed by atoms with E-state index in [4.69, 9.17) is 0 Å². The highest BCUT2D eigenvalue weighted by molar-refractivity contribution is 5.99. The van der Waals surface area contributed by atoms with Gasteiger partial charge in [-0.1, -0.05) is 40.5 Å². The first kappa shape index (κ1) is 15.9. The van der Waals surface area contributed by atoms with E-state index < -0.39 is 17.4 Å². The molecule has 0 aromatic carbocycles. The van der Waals surface area contributed by atoms with Gasteiger partial charge >= 0.3 is 11.9 Å². The van der Waals surface area contributed by atoms with Crippen LogP contribution in [0.5, 0.6) is 0 Å². The number of rotatable bonds is 8. The van der Waals surface area contributed by atoms with Gasteiger partial charge in [0.2, 0.25) is 0 Å². The van der Waals surface area contributed by atoms with Gasteiger partial charge < -0.3 is 10.2 Å². The molecule has 0 aliphatic rings. The number of carboxylic acid groups (broad SMARTS) is 2. The number of carbonyl (C=O) groups is 2. The molecule has 0 spiro atoms. The van der Waals surface area contributed by atoms with Crippen molar-refractivity contribution in [2.75, 3.05) is 0 Å². The summed E-state index contributed by atoms with van der Waals surface area (Å²) in [4.78, 5) is 23.0. The molecule has 0 aromatic rings. The Morgan fingerprint density at radius 1 is 0.941 bits per heavy atom. The molecule has 2 N–H and O–H groups in total. The zero-order chi connectivity index (χ0) is 13.6. The highest BCUT2D eigenvalue weighted by Gasteiger charge is 2.54. The van der Waals surface area contributed by atoms with Crippen LogP contribution in [0.15, 0.2) is 0 Å². The Morgan fingerprint density at radius 2 is 1.24 bits per heavy atom. The Kier molecular flexibility index (Phi) is 6.21. The normalized spacial score (nSPS) is 15.3. The lowest BCUT2D eigenvalue weighted by molar-refractivity contribution is -0.174. The Balaban J connectivity index is 5.42. The molecule has 0 bridgehead atoms. The van der Waals surface area contributed by atoms with Gasteiger partial charge in [0.1, 0.15) is 0 Å². The molecule has 0 aliphatic heterocycles. The summed E-state index contributed by atoms with van der Waals surface area (Å²) in [6.07, 6.45) is 2.82. The van der Waals surface area contributed by atoms with E-state index in [9.17, 15) is 19.8 Å². The summed E-state index contributed by atoms with van der Waals surface area (Å²) in [5, 5.41) is 18.8. The van der Waals surface area contributed by atoms with Gasteiger partial charge in [-0.15, -0.1) is 0 Å². The van der Waals surface area contributed by atoms with Crippen LogP contribution in [0.4, 0.5) is 0 Å². The van der Waals surface area contributed by atoms with Crippen LogP contribution >= 0.6 is 0 Å². The van der Waals surface area contributed by atoms with Crippen LogP contribution < -0.4 is 0 Å². The molecule has 0 radical (unpaired) electrons. The van der Waals surface area contributed by atoms with Crippen LogP contribution in [0.2, 0.25) is 0 Å². The lowest BCUT2D eigenvalue weighted by Crippen LogP contribution is -2.49. The molecule has 2 unspecified atom stereocenters. The monoisotopic (exact) mass is 244 g/mol. The zero-order valence-corrected chi connectivity index (χ0v) is 11.2. The molecule has 0 aromatic heterocycles.